The standard InChI is InChI=1S/C27H32BrNO3/c1-27(2,3)32-25(30)17-16-20-12-14-21(15-13-20)19-29(24-11-7-10-23(28)18-24)26(31)22-8-5-4-6-9-22/h7,10-18,22H,4-6,8-9,19H2,1-3H3. The normalized spacial score (nSPS) is 15.0. The summed E-state index contributed by atoms with van der Waals surface area (Å²) >= 11 is 3.53. The van der Waals surface area contributed by atoms with Crippen LogP contribution in [0.2, 0.25) is 0 Å². The molecule has 4 nitrogen and oxygen atoms in total. The molecule has 1 amide bonds. The first-order chi connectivity index (χ1) is 15.2. The average Bonchev–Trinajstić information content (AvgIpc) is 2.76. The van der Waals surface area contributed by atoms with E-state index in [9.17, 15) is 9.59 Å². The fourth-order valence-electron chi connectivity index (χ4n) is 3.93. The number of halogens is 1. The summed E-state index contributed by atoms with van der Waals surface area (Å²) < 4.78 is 6.26. The molecule has 0 saturated heterocycles. The minimum absolute atomic E-state index is 0.0961. The first kappa shape index (κ1) is 24.2. The third-order valence-corrected chi connectivity index (χ3v) is 5.97. The van der Waals surface area contributed by atoms with Gasteiger partial charge in [0.25, 0.3) is 0 Å². The van der Waals surface area contributed by atoms with E-state index < -0.39 is 5.60 Å². The molecule has 170 valence electrons. The van der Waals surface area contributed by atoms with Crippen LogP contribution in [0.4, 0.5) is 5.69 Å². The van der Waals surface area contributed by atoms with Gasteiger partial charge in [0.1, 0.15) is 5.60 Å². The van der Waals surface area contributed by atoms with Crippen molar-refractivity contribution >= 4 is 39.6 Å². The van der Waals surface area contributed by atoms with Crippen LogP contribution < -0.4 is 4.90 Å². The molecule has 2 aromatic carbocycles. The van der Waals surface area contributed by atoms with Crippen LogP contribution in [-0.2, 0) is 20.9 Å². The Kier molecular flexibility index (Phi) is 8.30. The lowest BCUT2D eigenvalue weighted by molar-refractivity contribution is -0.148. The maximum Gasteiger partial charge on any atom is 0.331 e. The molecule has 1 aliphatic carbocycles. The number of anilines is 1. The molecule has 0 bridgehead atoms. The average molecular weight is 498 g/mol. The minimum Gasteiger partial charge on any atom is -0.457 e. The molecule has 0 spiro atoms. The van der Waals surface area contributed by atoms with Crippen molar-refractivity contribution in [1.82, 2.24) is 0 Å². The molecule has 1 aliphatic rings. The smallest absolute Gasteiger partial charge is 0.331 e. The van der Waals surface area contributed by atoms with E-state index in [2.05, 4.69) is 15.9 Å². The number of nitrogens with zero attached hydrogens (tertiary/aromatic N) is 1. The molecule has 0 N–H and O–H groups in total. The quantitative estimate of drug-likeness (QED) is 0.321. The Bertz CT molecular complexity index is 954. The predicted octanol–water partition coefficient (Wildman–Crippen LogP) is 6.92. The van der Waals surface area contributed by atoms with Crippen LogP contribution in [0.5, 0.6) is 0 Å². The Hall–Kier alpha value is -2.40. The van der Waals surface area contributed by atoms with Crippen LogP contribution in [0.1, 0.15) is 64.0 Å². The van der Waals surface area contributed by atoms with Gasteiger partial charge in [0.15, 0.2) is 0 Å². The number of carbonyl (C=O) groups is 2. The van der Waals surface area contributed by atoms with Crippen molar-refractivity contribution in [3.05, 3.63) is 70.2 Å². The molecule has 3 rings (SSSR count). The summed E-state index contributed by atoms with van der Waals surface area (Å²) in [6, 6.07) is 15.9. The van der Waals surface area contributed by atoms with Gasteiger partial charge < -0.3 is 9.64 Å². The monoisotopic (exact) mass is 497 g/mol. The number of hydrogen-bond acceptors (Lipinski definition) is 3. The van der Waals surface area contributed by atoms with Gasteiger partial charge in [0.2, 0.25) is 5.91 Å². The van der Waals surface area contributed by atoms with Crippen molar-refractivity contribution in [3.8, 4) is 0 Å². The third kappa shape index (κ3) is 7.33. The molecule has 0 radical (unpaired) electrons. The first-order valence-corrected chi connectivity index (χ1v) is 12.1. The van der Waals surface area contributed by atoms with Gasteiger partial charge in [0, 0.05) is 22.2 Å². The summed E-state index contributed by atoms with van der Waals surface area (Å²) in [7, 11) is 0. The topological polar surface area (TPSA) is 46.6 Å². The highest BCUT2D eigenvalue weighted by Crippen LogP contribution is 2.30. The van der Waals surface area contributed by atoms with Crippen LogP contribution in [0.25, 0.3) is 6.08 Å². The highest BCUT2D eigenvalue weighted by atomic mass is 79.9. The number of ether oxygens (including phenoxy) is 1. The summed E-state index contributed by atoms with van der Waals surface area (Å²) in [6.07, 6.45) is 8.61. The molecule has 2 aromatic rings. The molecule has 0 heterocycles. The highest BCUT2D eigenvalue weighted by molar-refractivity contribution is 9.10. The van der Waals surface area contributed by atoms with Crippen molar-refractivity contribution in [2.45, 2.75) is 65.0 Å². The van der Waals surface area contributed by atoms with Crippen molar-refractivity contribution in [1.29, 1.82) is 0 Å². The van der Waals surface area contributed by atoms with E-state index in [0.29, 0.717) is 6.54 Å². The lowest BCUT2D eigenvalue weighted by Crippen LogP contribution is -2.36. The molecular formula is C27H32BrNO3. The van der Waals surface area contributed by atoms with Crippen molar-refractivity contribution in [2.24, 2.45) is 5.92 Å². The van der Waals surface area contributed by atoms with Crippen molar-refractivity contribution in [3.63, 3.8) is 0 Å². The van der Waals surface area contributed by atoms with Crippen LogP contribution in [0, 0.1) is 5.92 Å². The second-order valence-electron chi connectivity index (χ2n) is 9.35. The number of benzene rings is 2. The number of hydrogen-bond donors (Lipinski definition) is 0. The largest absolute Gasteiger partial charge is 0.457 e. The van der Waals surface area contributed by atoms with Gasteiger partial charge >= 0.3 is 5.97 Å². The van der Waals surface area contributed by atoms with E-state index >= 15 is 0 Å². The Balaban J connectivity index is 1.74. The first-order valence-electron chi connectivity index (χ1n) is 11.3. The molecule has 0 aromatic heterocycles. The summed E-state index contributed by atoms with van der Waals surface area (Å²) in [4.78, 5) is 27.2. The zero-order valence-electron chi connectivity index (χ0n) is 19.1. The molecule has 0 aliphatic heterocycles. The third-order valence-electron chi connectivity index (χ3n) is 5.48. The van der Waals surface area contributed by atoms with Gasteiger partial charge in [-0.3, -0.25) is 4.79 Å². The van der Waals surface area contributed by atoms with Crippen molar-refractivity contribution < 1.29 is 14.3 Å². The Morgan fingerprint density at radius 3 is 2.38 bits per heavy atom. The summed E-state index contributed by atoms with van der Waals surface area (Å²) in [5.41, 5.74) is 2.35. The van der Waals surface area contributed by atoms with Crippen LogP contribution in [0.3, 0.4) is 0 Å². The molecule has 1 fully saturated rings. The molecular weight excluding hydrogens is 466 g/mol. The van der Waals surface area contributed by atoms with E-state index in [-0.39, 0.29) is 17.8 Å². The van der Waals surface area contributed by atoms with Gasteiger partial charge in [-0.05, 0) is 69.0 Å². The molecule has 32 heavy (non-hydrogen) atoms. The van der Waals surface area contributed by atoms with E-state index in [1.165, 1.54) is 12.5 Å². The maximum absolute atomic E-state index is 13.4. The number of carbonyl (C=O) groups excluding carboxylic acids is 2. The van der Waals surface area contributed by atoms with Crippen LogP contribution in [-0.4, -0.2) is 17.5 Å². The van der Waals surface area contributed by atoms with E-state index in [4.69, 9.17) is 4.74 Å². The minimum atomic E-state index is -0.508. The van der Waals surface area contributed by atoms with Gasteiger partial charge in [-0.2, -0.15) is 0 Å². The second-order valence-corrected chi connectivity index (χ2v) is 10.3. The second kappa shape index (κ2) is 11.0. The summed E-state index contributed by atoms with van der Waals surface area (Å²) in [5, 5.41) is 0. The molecule has 0 atom stereocenters. The SMILES string of the molecule is CC(C)(C)OC(=O)C=Cc1ccc(CN(C(=O)C2CCCCC2)c2cccc(Br)c2)cc1. The molecule has 0 unspecified atom stereocenters. The Morgan fingerprint density at radius 1 is 1.06 bits per heavy atom. The Morgan fingerprint density at radius 2 is 1.75 bits per heavy atom. The molecule has 5 heteroatoms. The number of esters is 1. The molecule has 1 saturated carbocycles. The predicted molar refractivity (Wildman–Crippen MR) is 133 cm³/mol. The zero-order chi connectivity index (χ0) is 23.1. The maximum atomic E-state index is 13.4. The fourth-order valence-corrected chi connectivity index (χ4v) is 4.31. The van der Waals surface area contributed by atoms with E-state index in [0.717, 1.165) is 47.0 Å². The van der Waals surface area contributed by atoms with Gasteiger partial charge in [-0.15, -0.1) is 0 Å². The lowest BCUT2D eigenvalue weighted by Gasteiger charge is -2.30. The number of rotatable bonds is 6. The fraction of sp³-hybridized carbons (Fsp3) is 0.407. The van der Waals surface area contributed by atoms with Gasteiger partial charge in [-0.1, -0.05) is 65.5 Å². The van der Waals surface area contributed by atoms with E-state index in [1.54, 1.807) is 6.08 Å². The van der Waals surface area contributed by atoms with Gasteiger partial charge in [-0.25, -0.2) is 4.79 Å². The number of amides is 1. The van der Waals surface area contributed by atoms with Crippen molar-refractivity contribution in [2.75, 3.05) is 4.90 Å². The van der Waals surface area contributed by atoms with E-state index in [1.807, 2.05) is 74.2 Å². The Labute approximate surface area is 199 Å². The van der Waals surface area contributed by atoms with Crippen LogP contribution >= 0.6 is 15.9 Å². The summed E-state index contributed by atoms with van der Waals surface area (Å²) in [6.45, 7) is 6.05. The lowest BCUT2D eigenvalue weighted by atomic mass is 9.88. The zero-order valence-corrected chi connectivity index (χ0v) is 20.7. The highest BCUT2D eigenvalue weighted by Gasteiger charge is 2.27. The van der Waals surface area contributed by atoms with Gasteiger partial charge in [0.05, 0.1) is 6.54 Å². The summed E-state index contributed by atoms with van der Waals surface area (Å²) in [5.74, 6) is -0.0593. The van der Waals surface area contributed by atoms with Crippen LogP contribution in [0.15, 0.2) is 59.1 Å².